The van der Waals surface area contributed by atoms with Crippen LogP contribution in [-0.4, -0.2) is 15.0 Å². The van der Waals surface area contributed by atoms with Gasteiger partial charge in [0.1, 0.15) is 5.82 Å². The highest BCUT2D eigenvalue weighted by atomic mass is 15.2. The minimum Gasteiger partial charge on any atom is -0.368 e. The number of hydrogen-bond donors (Lipinski definition) is 2. The van der Waals surface area contributed by atoms with Crippen molar-refractivity contribution < 1.29 is 0 Å². The molecule has 0 spiro atoms. The third kappa shape index (κ3) is 2.90. The number of rotatable bonds is 3. The lowest BCUT2D eigenvalue weighted by Crippen LogP contribution is -2.11. The van der Waals surface area contributed by atoms with Gasteiger partial charge in [-0.2, -0.15) is 15.0 Å². The highest BCUT2D eigenvalue weighted by Gasteiger charge is 2.07. The van der Waals surface area contributed by atoms with E-state index >= 15 is 0 Å². The van der Waals surface area contributed by atoms with E-state index in [1.807, 2.05) is 25.1 Å². The Morgan fingerprint density at radius 2 is 1.82 bits per heavy atom. The molecule has 0 amide bonds. The van der Waals surface area contributed by atoms with Crippen LogP contribution in [0.2, 0.25) is 0 Å². The molecule has 0 fully saturated rings. The molecule has 0 aliphatic carbocycles. The van der Waals surface area contributed by atoms with Crippen molar-refractivity contribution in [2.75, 3.05) is 11.1 Å². The fraction of sp³-hybridized carbons (Fsp3) is 0.250. The normalized spacial score (nSPS) is 12.1. The highest BCUT2D eigenvalue weighted by molar-refractivity contribution is 5.34. The summed E-state index contributed by atoms with van der Waals surface area (Å²) in [5, 5.41) is 3.20. The van der Waals surface area contributed by atoms with Gasteiger partial charge in [-0.15, -0.1) is 0 Å². The first-order valence-electron chi connectivity index (χ1n) is 5.45. The Kier molecular flexibility index (Phi) is 3.18. The molecule has 0 aliphatic heterocycles. The minimum absolute atomic E-state index is 0.123. The van der Waals surface area contributed by atoms with Crippen molar-refractivity contribution in [1.82, 2.24) is 15.0 Å². The molecule has 5 nitrogen and oxygen atoms in total. The molecule has 5 heteroatoms. The van der Waals surface area contributed by atoms with E-state index < -0.39 is 0 Å². The van der Waals surface area contributed by atoms with Gasteiger partial charge in [-0.1, -0.05) is 30.3 Å². The van der Waals surface area contributed by atoms with Gasteiger partial charge < -0.3 is 11.1 Å². The predicted molar refractivity (Wildman–Crippen MR) is 67.5 cm³/mol. The fourth-order valence-electron chi connectivity index (χ4n) is 1.59. The topological polar surface area (TPSA) is 76.7 Å². The third-order valence-electron chi connectivity index (χ3n) is 2.41. The van der Waals surface area contributed by atoms with Gasteiger partial charge >= 0.3 is 0 Å². The molecule has 1 heterocycles. The molecule has 3 N–H and O–H groups in total. The van der Waals surface area contributed by atoms with Gasteiger partial charge in [0.15, 0.2) is 0 Å². The van der Waals surface area contributed by atoms with E-state index in [2.05, 4.69) is 32.4 Å². The number of nitrogens with one attached hydrogen (secondary N) is 1. The summed E-state index contributed by atoms with van der Waals surface area (Å²) in [5.41, 5.74) is 6.74. The Hall–Kier alpha value is -2.17. The first kappa shape index (κ1) is 11.3. The second kappa shape index (κ2) is 4.78. The average molecular weight is 229 g/mol. The molecule has 1 unspecified atom stereocenters. The molecule has 0 bridgehead atoms. The number of hydrogen-bond acceptors (Lipinski definition) is 5. The maximum atomic E-state index is 5.57. The van der Waals surface area contributed by atoms with Gasteiger partial charge in [-0.25, -0.2) is 0 Å². The van der Waals surface area contributed by atoms with Crippen LogP contribution < -0.4 is 11.1 Å². The van der Waals surface area contributed by atoms with E-state index in [1.54, 1.807) is 6.92 Å². The van der Waals surface area contributed by atoms with Crippen LogP contribution in [0.5, 0.6) is 0 Å². The van der Waals surface area contributed by atoms with Crippen molar-refractivity contribution in [3.63, 3.8) is 0 Å². The van der Waals surface area contributed by atoms with Crippen LogP contribution in [0.3, 0.4) is 0 Å². The minimum atomic E-state index is 0.123. The molecule has 1 atom stereocenters. The largest absolute Gasteiger partial charge is 0.368 e. The van der Waals surface area contributed by atoms with Gasteiger partial charge in [0.05, 0.1) is 6.04 Å². The lowest BCUT2D eigenvalue weighted by atomic mass is 10.1. The first-order valence-corrected chi connectivity index (χ1v) is 5.45. The van der Waals surface area contributed by atoms with E-state index in [1.165, 1.54) is 5.56 Å². The zero-order valence-corrected chi connectivity index (χ0v) is 9.88. The Bertz CT molecular complexity index is 477. The van der Waals surface area contributed by atoms with Crippen LogP contribution in [0.15, 0.2) is 30.3 Å². The van der Waals surface area contributed by atoms with Crippen molar-refractivity contribution in [2.24, 2.45) is 0 Å². The van der Waals surface area contributed by atoms with E-state index in [0.29, 0.717) is 11.8 Å². The molecule has 88 valence electrons. The number of nitrogen functional groups attached to an aromatic ring is 1. The van der Waals surface area contributed by atoms with Crippen LogP contribution >= 0.6 is 0 Å². The summed E-state index contributed by atoms with van der Waals surface area (Å²) < 4.78 is 0. The van der Waals surface area contributed by atoms with Crippen molar-refractivity contribution in [3.8, 4) is 0 Å². The first-order chi connectivity index (χ1) is 8.15. The van der Waals surface area contributed by atoms with Gasteiger partial charge in [0.2, 0.25) is 11.9 Å². The summed E-state index contributed by atoms with van der Waals surface area (Å²) in [4.78, 5) is 12.2. The molecular weight excluding hydrogens is 214 g/mol. The Labute approximate surface area is 100 Å². The quantitative estimate of drug-likeness (QED) is 0.841. The molecule has 1 aromatic carbocycles. The van der Waals surface area contributed by atoms with Crippen molar-refractivity contribution in [3.05, 3.63) is 41.7 Å². The van der Waals surface area contributed by atoms with E-state index in [9.17, 15) is 0 Å². The summed E-state index contributed by atoms with van der Waals surface area (Å²) >= 11 is 0. The van der Waals surface area contributed by atoms with Crippen LogP contribution in [0.25, 0.3) is 0 Å². The molecule has 0 aliphatic rings. The SMILES string of the molecule is Cc1nc(N)nc(NC(C)c2ccccc2)n1. The second-order valence-corrected chi connectivity index (χ2v) is 3.84. The van der Waals surface area contributed by atoms with Crippen LogP contribution in [0, 0.1) is 6.92 Å². The average Bonchev–Trinajstić information content (AvgIpc) is 2.28. The molecule has 1 aromatic heterocycles. The van der Waals surface area contributed by atoms with Gasteiger partial charge in [-0.05, 0) is 19.4 Å². The fourth-order valence-corrected chi connectivity index (χ4v) is 1.59. The lowest BCUT2D eigenvalue weighted by Gasteiger charge is -2.14. The number of nitrogens with two attached hydrogens (primary N) is 1. The molecule has 0 saturated carbocycles. The maximum absolute atomic E-state index is 5.57. The summed E-state index contributed by atoms with van der Waals surface area (Å²) in [5.74, 6) is 1.35. The number of anilines is 2. The van der Waals surface area contributed by atoms with Gasteiger partial charge in [-0.3, -0.25) is 0 Å². The summed E-state index contributed by atoms with van der Waals surface area (Å²) in [7, 11) is 0. The van der Waals surface area contributed by atoms with E-state index in [4.69, 9.17) is 5.73 Å². The molecular formula is C12H15N5. The Balaban J connectivity index is 2.16. The zero-order valence-electron chi connectivity index (χ0n) is 9.88. The standard InChI is InChI=1S/C12H15N5/c1-8(10-6-4-3-5-7-10)14-12-16-9(2)15-11(13)17-12/h3-8H,1-2H3,(H3,13,14,15,16,17). The van der Waals surface area contributed by atoms with Crippen LogP contribution in [0.4, 0.5) is 11.9 Å². The van der Waals surface area contributed by atoms with Gasteiger partial charge in [0.25, 0.3) is 0 Å². The summed E-state index contributed by atoms with van der Waals surface area (Å²) in [6.45, 7) is 3.83. The molecule has 2 aromatic rings. The molecule has 0 saturated heterocycles. The molecule has 0 radical (unpaired) electrons. The number of aromatic nitrogens is 3. The summed E-state index contributed by atoms with van der Waals surface area (Å²) in [6.07, 6.45) is 0. The monoisotopic (exact) mass is 229 g/mol. The smallest absolute Gasteiger partial charge is 0.228 e. The highest BCUT2D eigenvalue weighted by Crippen LogP contribution is 2.16. The number of aryl methyl sites for hydroxylation is 1. The third-order valence-corrected chi connectivity index (χ3v) is 2.41. The zero-order chi connectivity index (χ0) is 12.3. The van der Waals surface area contributed by atoms with Crippen molar-refractivity contribution in [1.29, 1.82) is 0 Å². The van der Waals surface area contributed by atoms with E-state index in [-0.39, 0.29) is 12.0 Å². The predicted octanol–water partition coefficient (Wildman–Crippen LogP) is 1.94. The number of benzene rings is 1. The van der Waals surface area contributed by atoms with Crippen LogP contribution in [0.1, 0.15) is 24.4 Å². The maximum Gasteiger partial charge on any atom is 0.228 e. The number of nitrogens with zero attached hydrogens (tertiary/aromatic N) is 3. The van der Waals surface area contributed by atoms with Crippen LogP contribution in [-0.2, 0) is 0 Å². The van der Waals surface area contributed by atoms with Crippen molar-refractivity contribution >= 4 is 11.9 Å². The molecule has 2 rings (SSSR count). The van der Waals surface area contributed by atoms with Crippen molar-refractivity contribution in [2.45, 2.75) is 19.9 Å². The molecule has 17 heavy (non-hydrogen) atoms. The Morgan fingerprint density at radius 1 is 1.12 bits per heavy atom. The van der Waals surface area contributed by atoms with Gasteiger partial charge in [0, 0.05) is 0 Å². The Morgan fingerprint density at radius 3 is 2.47 bits per heavy atom. The summed E-state index contributed by atoms with van der Waals surface area (Å²) in [6, 6.07) is 10.2. The van der Waals surface area contributed by atoms with E-state index in [0.717, 1.165) is 0 Å². The second-order valence-electron chi connectivity index (χ2n) is 3.84. The lowest BCUT2D eigenvalue weighted by molar-refractivity contribution is 0.848.